The molecule has 0 heterocycles. The highest BCUT2D eigenvalue weighted by molar-refractivity contribution is 6.04. The Morgan fingerprint density at radius 1 is 1.09 bits per heavy atom. The number of aromatic carboxylic acids is 1. The highest BCUT2D eigenvalue weighted by Crippen LogP contribution is 2.19. The van der Waals surface area contributed by atoms with E-state index in [4.69, 9.17) is 9.84 Å². The van der Waals surface area contributed by atoms with Crippen LogP contribution in [-0.2, 0) is 6.54 Å². The lowest BCUT2D eigenvalue weighted by molar-refractivity contribution is -0.496. The van der Waals surface area contributed by atoms with Crippen molar-refractivity contribution in [2.24, 2.45) is 0 Å². The number of nitro groups is 1. The lowest BCUT2D eigenvalue weighted by Crippen LogP contribution is -2.18. The van der Waals surface area contributed by atoms with Crippen molar-refractivity contribution in [1.29, 1.82) is 0 Å². The molecule has 1 N–H and O–H groups in total. The first-order chi connectivity index (χ1) is 10.5. The summed E-state index contributed by atoms with van der Waals surface area (Å²) in [6.07, 6.45) is 0. The van der Waals surface area contributed by atoms with Crippen molar-refractivity contribution in [3.63, 3.8) is 0 Å². The van der Waals surface area contributed by atoms with E-state index in [9.17, 15) is 19.7 Å². The number of hydrogen-bond acceptors (Lipinski definition) is 5. The van der Waals surface area contributed by atoms with Crippen molar-refractivity contribution in [2.75, 3.05) is 0 Å². The van der Waals surface area contributed by atoms with Gasteiger partial charge in [0.1, 0.15) is 5.75 Å². The summed E-state index contributed by atoms with van der Waals surface area (Å²) in [4.78, 5) is 33.5. The molecule has 0 spiro atoms. The Morgan fingerprint density at radius 3 is 2.36 bits per heavy atom. The second kappa shape index (κ2) is 6.49. The van der Waals surface area contributed by atoms with Crippen LogP contribution in [0.25, 0.3) is 0 Å². The van der Waals surface area contributed by atoms with Crippen molar-refractivity contribution in [2.45, 2.75) is 6.54 Å². The van der Waals surface area contributed by atoms with Crippen LogP contribution in [0.5, 0.6) is 5.75 Å². The number of carboxylic acid groups (broad SMARTS) is 1. The van der Waals surface area contributed by atoms with Crippen LogP contribution in [-0.4, -0.2) is 22.0 Å². The lowest BCUT2D eigenvalue weighted by Gasteiger charge is -2.10. The average molecular weight is 301 g/mol. The number of esters is 1. The van der Waals surface area contributed by atoms with Gasteiger partial charge in [-0.2, -0.15) is 0 Å². The summed E-state index contributed by atoms with van der Waals surface area (Å²) in [7, 11) is 0. The molecule has 0 amide bonds. The zero-order chi connectivity index (χ0) is 16.1. The van der Waals surface area contributed by atoms with Crippen LogP contribution in [0.3, 0.4) is 0 Å². The summed E-state index contributed by atoms with van der Waals surface area (Å²) in [5.74, 6) is -2.08. The molecule has 0 fully saturated rings. The minimum atomic E-state index is -1.36. The van der Waals surface area contributed by atoms with Gasteiger partial charge in [0, 0.05) is 10.5 Å². The molecule has 0 aliphatic carbocycles. The summed E-state index contributed by atoms with van der Waals surface area (Å²) >= 11 is 0. The van der Waals surface area contributed by atoms with Crippen molar-refractivity contribution in [3.8, 4) is 5.75 Å². The number of nitrogens with zero attached hydrogens (tertiary/aromatic N) is 1. The SMILES string of the molecule is O=C(O)c1cccc(C[N+](=O)[O-])c1C(=O)Oc1ccccc1. The van der Waals surface area contributed by atoms with Crippen molar-refractivity contribution in [1.82, 2.24) is 0 Å². The number of carboxylic acids is 1. The molecule has 0 bridgehead atoms. The van der Waals surface area contributed by atoms with E-state index in [0.717, 1.165) is 0 Å². The molecular formula is C15H11NO6. The van der Waals surface area contributed by atoms with Crippen LogP contribution in [0.15, 0.2) is 48.5 Å². The molecule has 2 rings (SSSR count). The van der Waals surface area contributed by atoms with Crippen LogP contribution < -0.4 is 4.74 Å². The van der Waals surface area contributed by atoms with Gasteiger partial charge in [0.2, 0.25) is 6.54 Å². The van der Waals surface area contributed by atoms with E-state index in [0.29, 0.717) is 0 Å². The Kier molecular flexibility index (Phi) is 4.47. The van der Waals surface area contributed by atoms with Gasteiger partial charge in [-0.15, -0.1) is 0 Å². The second-order valence-electron chi connectivity index (χ2n) is 4.34. The number of rotatable bonds is 5. The van der Waals surface area contributed by atoms with E-state index in [1.165, 1.54) is 30.3 Å². The number of carbonyl (C=O) groups is 2. The third-order valence-electron chi connectivity index (χ3n) is 2.84. The summed E-state index contributed by atoms with van der Waals surface area (Å²) in [5, 5.41) is 19.9. The predicted molar refractivity (Wildman–Crippen MR) is 75.5 cm³/mol. The molecule has 0 saturated heterocycles. The van der Waals surface area contributed by atoms with E-state index in [1.54, 1.807) is 18.2 Å². The third kappa shape index (κ3) is 3.45. The van der Waals surface area contributed by atoms with Gasteiger partial charge < -0.3 is 9.84 Å². The zero-order valence-electron chi connectivity index (χ0n) is 11.3. The second-order valence-corrected chi connectivity index (χ2v) is 4.34. The van der Waals surface area contributed by atoms with Crippen LogP contribution in [0.4, 0.5) is 0 Å². The van der Waals surface area contributed by atoms with Crippen molar-refractivity contribution < 1.29 is 24.4 Å². The summed E-state index contributed by atoms with van der Waals surface area (Å²) < 4.78 is 5.09. The number of ether oxygens (including phenoxy) is 1. The molecule has 2 aromatic rings. The maximum atomic E-state index is 12.2. The maximum absolute atomic E-state index is 12.2. The van der Waals surface area contributed by atoms with E-state index in [2.05, 4.69) is 0 Å². The van der Waals surface area contributed by atoms with Gasteiger partial charge in [0.15, 0.2) is 0 Å². The maximum Gasteiger partial charge on any atom is 0.344 e. The van der Waals surface area contributed by atoms with Gasteiger partial charge in [0.05, 0.1) is 11.1 Å². The standard InChI is InChI=1S/C15H11NO6/c17-14(18)12-8-4-5-10(9-16(20)21)13(12)15(19)22-11-6-2-1-3-7-11/h1-8H,9H2,(H,17,18). The van der Waals surface area contributed by atoms with Gasteiger partial charge in [-0.1, -0.05) is 30.3 Å². The predicted octanol–water partition coefficient (Wildman–Crippen LogP) is 2.38. The molecule has 7 heteroatoms. The Morgan fingerprint density at radius 2 is 1.77 bits per heavy atom. The molecule has 0 atom stereocenters. The normalized spacial score (nSPS) is 10.0. The fourth-order valence-corrected chi connectivity index (χ4v) is 1.94. The Labute approximate surface area is 124 Å². The highest BCUT2D eigenvalue weighted by Gasteiger charge is 2.24. The summed E-state index contributed by atoms with van der Waals surface area (Å²) in [6.45, 7) is -0.666. The highest BCUT2D eigenvalue weighted by atomic mass is 16.6. The lowest BCUT2D eigenvalue weighted by atomic mass is 10.0. The molecule has 0 aromatic heterocycles. The topological polar surface area (TPSA) is 107 Å². The van der Waals surface area contributed by atoms with E-state index >= 15 is 0 Å². The van der Waals surface area contributed by atoms with Crippen molar-refractivity contribution >= 4 is 11.9 Å². The number of carbonyl (C=O) groups excluding carboxylic acids is 1. The third-order valence-corrected chi connectivity index (χ3v) is 2.84. The molecule has 0 aliphatic heterocycles. The molecule has 0 aliphatic rings. The summed E-state index contributed by atoms with van der Waals surface area (Å²) in [5.41, 5.74) is -0.651. The first kappa shape index (κ1) is 15.2. The molecule has 0 radical (unpaired) electrons. The van der Waals surface area contributed by atoms with E-state index in [1.807, 2.05) is 0 Å². The van der Waals surface area contributed by atoms with E-state index in [-0.39, 0.29) is 22.4 Å². The average Bonchev–Trinajstić information content (AvgIpc) is 2.47. The van der Waals surface area contributed by atoms with Gasteiger partial charge >= 0.3 is 11.9 Å². The van der Waals surface area contributed by atoms with Crippen LogP contribution in [0.1, 0.15) is 26.3 Å². The van der Waals surface area contributed by atoms with Gasteiger partial charge in [-0.05, 0) is 18.2 Å². The van der Waals surface area contributed by atoms with E-state index < -0.39 is 23.4 Å². The molecule has 0 unspecified atom stereocenters. The fourth-order valence-electron chi connectivity index (χ4n) is 1.94. The van der Waals surface area contributed by atoms with Crippen LogP contribution in [0.2, 0.25) is 0 Å². The largest absolute Gasteiger partial charge is 0.478 e. The fraction of sp³-hybridized carbons (Fsp3) is 0.0667. The number of hydrogen-bond donors (Lipinski definition) is 1. The number of para-hydroxylation sites is 1. The molecule has 0 saturated carbocycles. The minimum Gasteiger partial charge on any atom is -0.478 e. The minimum absolute atomic E-state index is 0.00849. The number of benzene rings is 2. The Bertz CT molecular complexity index is 726. The van der Waals surface area contributed by atoms with Gasteiger partial charge in [-0.3, -0.25) is 10.1 Å². The molecular weight excluding hydrogens is 290 g/mol. The first-order valence-electron chi connectivity index (χ1n) is 6.23. The molecule has 22 heavy (non-hydrogen) atoms. The molecule has 7 nitrogen and oxygen atoms in total. The Hall–Kier alpha value is -3.22. The molecule has 112 valence electrons. The zero-order valence-corrected chi connectivity index (χ0v) is 11.3. The summed E-state index contributed by atoms with van der Waals surface area (Å²) in [6, 6.07) is 11.9. The van der Waals surface area contributed by atoms with Gasteiger partial charge in [0.25, 0.3) is 0 Å². The van der Waals surface area contributed by atoms with Gasteiger partial charge in [-0.25, -0.2) is 9.59 Å². The molecule has 2 aromatic carbocycles. The smallest absolute Gasteiger partial charge is 0.344 e. The first-order valence-corrected chi connectivity index (χ1v) is 6.23. The quantitative estimate of drug-likeness (QED) is 0.393. The monoisotopic (exact) mass is 301 g/mol. The van der Waals surface area contributed by atoms with Crippen LogP contribution in [0, 0.1) is 10.1 Å². The van der Waals surface area contributed by atoms with Crippen LogP contribution >= 0.6 is 0 Å². The Balaban J connectivity index is 2.44. The van der Waals surface area contributed by atoms with Crippen molar-refractivity contribution in [3.05, 3.63) is 75.3 Å².